The number of hydrogen-bond donors (Lipinski definition) is 2. The largest absolute Gasteiger partial charge is 0.317 e. The Balaban J connectivity index is 1.79. The predicted molar refractivity (Wildman–Crippen MR) is 83.3 cm³/mol. The second-order valence-electron chi connectivity index (χ2n) is 6.18. The average Bonchev–Trinajstić information content (AvgIpc) is 2.96. The Kier molecular flexibility index (Phi) is 3.61. The van der Waals surface area contributed by atoms with Crippen LogP contribution < -0.4 is 10.6 Å². The minimum absolute atomic E-state index is 0.364. The third-order valence-electron chi connectivity index (χ3n) is 4.78. The first kappa shape index (κ1) is 13.2. The minimum Gasteiger partial charge on any atom is -0.317 e. The van der Waals surface area contributed by atoms with Crippen molar-refractivity contribution in [3.8, 4) is 0 Å². The number of imidazole rings is 1. The Bertz CT molecular complexity index is 608. The van der Waals surface area contributed by atoms with Crippen LogP contribution in [0.1, 0.15) is 50.0 Å². The van der Waals surface area contributed by atoms with Crippen molar-refractivity contribution in [3.63, 3.8) is 0 Å². The van der Waals surface area contributed by atoms with Gasteiger partial charge in [-0.1, -0.05) is 0 Å². The minimum atomic E-state index is 0.364. The van der Waals surface area contributed by atoms with Crippen molar-refractivity contribution in [1.82, 2.24) is 25.2 Å². The number of aromatic nitrogens is 3. The zero-order valence-corrected chi connectivity index (χ0v) is 12.4. The predicted octanol–water partition coefficient (Wildman–Crippen LogP) is 2.17. The highest BCUT2D eigenvalue weighted by molar-refractivity contribution is 5.71. The molecule has 2 aliphatic rings. The number of pyridine rings is 1. The second-order valence-corrected chi connectivity index (χ2v) is 6.18. The van der Waals surface area contributed by atoms with Crippen LogP contribution in [0.5, 0.6) is 0 Å². The molecule has 0 radical (unpaired) electrons. The summed E-state index contributed by atoms with van der Waals surface area (Å²) in [4.78, 5) is 9.56. The molecule has 21 heavy (non-hydrogen) atoms. The van der Waals surface area contributed by atoms with E-state index >= 15 is 0 Å². The van der Waals surface area contributed by atoms with Crippen LogP contribution in [-0.4, -0.2) is 34.2 Å². The Labute approximate surface area is 125 Å². The molecule has 0 amide bonds. The molecular formula is C16H23N5. The maximum atomic E-state index is 4.94. The highest BCUT2D eigenvalue weighted by atomic mass is 15.2. The molecule has 2 aromatic heterocycles. The molecule has 0 bridgehead atoms. The van der Waals surface area contributed by atoms with E-state index in [9.17, 15) is 0 Å². The van der Waals surface area contributed by atoms with E-state index < -0.39 is 0 Å². The van der Waals surface area contributed by atoms with E-state index in [1.165, 1.54) is 37.9 Å². The van der Waals surface area contributed by atoms with Gasteiger partial charge in [-0.25, -0.2) is 9.97 Å². The fourth-order valence-corrected chi connectivity index (χ4v) is 3.68. The van der Waals surface area contributed by atoms with Crippen LogP contribution >= 0.6 is 0 Å². The van der Waals surface area contributed by atoms with Crippen molar-refractivity contribution in [2.24, 2.45) is 0 Å². The molecule has 2 N–H and O–H groups in total. The molecule has 5 heteroatoms. The van der Waals surface area contributed by atoms with Gasteiger partial charge < -0.3 is 5.32 Å². The average molecular weight is 285 g/mol. The maximum Gasteiger partial charge on any atom is 0.161 e. The lowest BCUT2D eigenvalue weighted by molar-refractivity contribution is 0.307. The summed E-state index contributed by atoms with van der Waals surface area (Å²) >= 11 is 0. The molecule has 2 aromatic rings. The van der Waals surface area contributed by atoms with Crippen molar-refractivity contribution >= 4 is 11.2 Å². The molecule has 2 fully saturated rings. The molecule has 0 spiro atoms. The molecule has 5 nitrogen and oxygen atoms in total. The van der Waals surface area contributed by atoms with E-state index in [2.05, 4.69) is 26.3 Å². The van der Waals surface area contributed by atoms with Gasteiger partial charge >= 0.3 is 0 Å². The monoisotopic (exact) mass is 285 g/mol. The van der Waals surface area contributed by atoms with Crippen LogP contribution in [0.15, 0.2) is 18.3 Å². The van der Waals surface area contributed by atoms with Gasteiger partial charge in [0.25, 0.3) is 0 Å². The van der Waals surface area contributed by atoms with Gasteiger partial charge in [-0.15, -0.1) is 0 Å². The molecule has 2 aliphatic heterocycles. The van der Waals surface area contributed by atoms with Gasteiger partial charge in [-0.2, -0.15) is 0 Å². The number of piperidine rings is 2. The van der Waals surface area contributed by atoms with Crippen molar-refractivity contribution < 1.29 is 0 Å². The highest BCUT2D eigenvalue weighted by Crippen LogP contribution is 2.31. The van der Waals surface area contributed by atoms with Crippen molar-refractivity contribution in [3.05, 3.63) is 24.2 Å². The van der Waals surface area contributed by atoms with Gasteiger partial charge in [0.1, 0.15) is 11.3 Å². The molecule has 0 aliphatic carbocycles. The SMILES string of the molecule is c1cnc2c(c1)nc(C1CCNCC1)n2C1CCCCN1. The van der Waals surface area contributed by atoms with Gasteiger partial charge in [0, 0.05) is 12.1 Å². The fourth-order valence-electron chi connectivity index (χ4n) is 3.68. The smallest absolute Gasteiger partial charge is 0.161 e. The third kappa shape index (κ3) is 2.45. The van der Waals surface area contributed by atoms with Gasteiger partial charge in [-0.05, 0) is 63.9 Å². The summed E-state index contributed by atoms with van der Waals surface area (Å²) in [5, 5.41) is 7.11. The molecule has 112 valence electrons. The van der Waals surface area contributed by atoms with Gasteiger partial charge in [-0.3, -0.25) is 9.88 Å². The van der Waals surface area contributed by atoms with Crippen LogP contribution in [0.3, 0.4) is 0 Å². The van der Waals surface area contributed by atoms with Gasteiger partial charge in [0.15, 0.2) is 5.65 Å². The third-order valence-corrected chi connectivity index (χ3v) is 4.78. The van der Waals surface area contributed by atoms with E-state index in [1.54, 1.807) is 0 Å². The number of fused-ring (bicyclic) bond motifs is 1. The Hall–Kier alpha value is -1.46. The molecule has 0 aromatic carbocycles. The summed E-state index contributed by atoms with van der Waals surface area (Å²) in [6, 6.07) is 4.08. The number of hydrogen-bond acceptors (Lipinski definition) is 4. The van der Waals surface area contributed by atoms with Gasteiger partial charge in [0.2, 0.25) is 0 Å². The van der Waals surface area contributed by atoms with Crippen LogP contribution in [0, 0.1) is 0 Å². The first-order chi connectivity index (χ1) is 10.4. The second kappa shape index (κ2) is 5.73. The standard InChI is InChI=1S/C16H23N5/c1-2-8-18-14(5-1)21-15(12-6-10-17-11-7-12)20-13-4-3-9-19-16(13)21/h3-4,9,12,14,17-18H,1-2,5-8,10-11H2. The Morgan fingerprint density at radius 1 is 1.10 bits per heavy atom. The van der Waals surface area contributed by atoms with E-state index in [0.717, 1.165) is 30.8 Å². The zero-order valence-electron chi connectivity index (χ0n) is 12.4. The maximum absolute atomic E-state index is 4.94. The Morgan fingerprint density at radius 3 is 2.81 bits per heavy atom. The first-order valence-electron chi connectivity index (χ1n) is 8.20. The van der Waals surface area contributed by atoms with E-state index in [0.29, 0.717) is 12.1 Å². The van der Waals surface area contributed by atoms with Crippen LogP contribution in [-0.2, 0) is 0 Å². The molecule has 0 saturated carbocycles. The lowest BCUT2D eigenvalue weighted by atomic mass is 9.97. The van der Waals surface area contributed by atoms with E-state index in [1.807, 2.05) is 12.3 Å². The lowest BCUT2D eigenvalue weighted by Gasteiger charge is -2.29. The quantitative estimate of drug-likeness (QED) is 0.888. The summed E-state index contributed by atoms with van der Waals surface area (Å²) < 4.78 is 2.39. The van der Waals surface area contributed by atoms with E-state index in [4.69, 9.17) is 4.98 Å². The summed E-state index contributed by atoms with van der Waals surface area (Å²) in [6.45, 7) is 3.29. The summed E-state index contributed by atoms with van der Waals surface area (Å²) in [5.74, 6) is 1.80. The van der Waals surface area contributed by atoms with Crippen molar-refractivity contribution in [2.75, 3.05) is 19.6 Å². The number of nitrogens with one attached hydrogen (secondary N) is 2. The first-order valence-corrected chi connectivity index (χ1v) is 8.20. The summed E-state index contributed by atoms with van der Waals surface area (Å²) in [5.41, 5.74) is 2.09. The zero-order chi connectivity index (χ0) is 14.1. The van der Waals surface area contributed by atoms with Crippen LogP contribution in [0.4, 0.5) is 0 Å². The van der Waals surface area contributed by atoms with Crippen molar-refractivity contribution in [2.45, 2.75) is 44.2 Å². The van der Waals surface area contributed by atoms with Crippen molar-refractivity contribution in [1.29, 1.82) is 0 Å². The molecule has 4 rings (SSSR count). The number of rotatable bonds is 2. The molecule has 2 saturated heterocycles. The normalized spacial score (nSPS) is 24.5. The lowest BCUT2D eigenvalue weighted by Crippen LogP contribution is -2.34. The van der Waals surface area contributed by atoms with Gasteiger partial charge in [0.05, 0.1) is 6.17 Å². The number of nitrogens with zero attached hydrogens (tertiary/aromatic N) is 3. The Morgan fingerprint density at radius 2 is 2.00 bits per heavy atom. The fraction of sp³-hybridized carbons (Fsp3) is 0.625. The van der Waals surface area contributed by atoms with E-state index in [-0.39, 0.29) is 0 Å². The van der Waals surface area contributed by atoms with Crippen LogP contribution in [0.2, 0.25) is 0 Å². The van der Waals surface area contributed by atoms with Crippen LogP contribution in [0.25, 0.3) is 11.2 Å². The molecular weight excluding hydrogens is 262 g/mol. The molecule has 1 unspecified atom stereocenters. The molecule has 4 heterocycles. The topological polar surface area (TPSA) is 54.8 Å². The summed E-state index contributed by atoms with van der Waals surface area (Å²) in [7, 11) is 0. The summed E-state index contributed by atoms with van der Waals surface area (Å²) in [6.07, 6.45) is 8.35. The molecule has 1 atom stereocenters. The highest BCUT2D eigenvalue weighted by Gasteiger charge is 2.27.